The summed E-state index contributed by atoms with van der Waals surface area (Å²) in [5.74, 6) is -1.26. The highest BCUT2D eigenvalue weighted by Crippen LogP contribution is 2.05. The first kappa shape index (κ1) is 19.5. The molecule has 0 radical (unpaired) electrons. The van der Waals surface area contributed by atoms with Crippen LogP contribution in [-0.2, 0) is 20.9 Å². The highest BCUT2D eigenvalue weighted by atomic mass is 16.5. The Bertz CT molecular complexity index is 560. The molecule has 132 valence electrons. The number of benzene rings is 1. The molecule has 0 aliphatic carbocycles. The third kappa shape index (κ3) is 6.28. The molecule has 2 atom stereocenters. The molecule has 0 saturated carbocycles. The molecule has 0 spiro atoms. The molecule has 0 saturated heterocycles. The minimum absolute atomic E-state index is 0.109. The van der Waals surface area contributed by atoms with Gasteiger partial charge in [-0.3, -0.25) is 9.59 Å². The fourth-order valence-corrected chi connectivity index (χ4v) is 2.06. The second kappa shape index (κ2) is 9.54. The zero-order chi connectivity index (χ0) is 18.1. The first-order valence-corrected chi connectivity index (χ1v) is 7.92. The van der Waals surface area contributed by atoms with Crippen molar-refractivity contribution in [3.63, 3.8) is 0 Å². The largest absolute Gasteiger partial charge is 0.445 e. The van der Waals surface area contributed by atoms with E-state index in [1.807, 2.05) is 30.3 Å². The van der Waals surface area contributed by atoms with E-state index in [0.29, 0.717) is 6.42 Å². The first-order chi connectivity index (χ1) is 11.3. The number of carbonyl (C=O) groups excluding carboxylic acids is 3. The van der Waals surface area contributed by atoms with Crippen LogP contribution in [0, 0.1) is 5.92 Å². The van der Waals surface area contributed by atoms with Gasteiger partial charge >= 0.3 is 6.09 Å². The molecule has 1 aromatic rings. The summed E-state index contributed by atoms with van der Waals surface area (Å²) in [4.78, 5) is 35.4. The van der Waals surface area contributed by atoms with Gasteiger partial charge in [0, 0.05) is 0 Å². The van der Waals surface area contributed by atoms with Crippen LogP contribution in [0.4, 0.5) is 4.79 Å². The van der Waals surface area contributed by atoms with Crippen LogP contribution >= 0.6 is 0 Å². The number of alkyl carbamates (subject to hydrolysis) is 1. The van der Waals surface area contributed by atoms with Gasteiger partial charge in [0.05, 0.1) is 0 Å². The molecule has 7 nitrogen and oxygen atoms in total. The molecule has 0 aliphatic rings. The van der Waals surface area contributed by atoms with Gasteiger partial charge in [-0.05, 0) is 17.9 Å². The van der Waals surface area contributed by atoms with Crippen LogP contribution in [0.1, 0.15) is 32.8 Å². The number of hydrogen-bond donors (Lipinski definition) is 3. The van der Waals surface area contributed by atoms with Crippen LogP contribution in [0.15, 0.2) is 30.3 Å². The second-order valence-electron chi connectivity index (χ2n) is 5.80. The lowest BCUT2D eigenvalue weighted by Gasteiger charge is -2.23. The van der Waals surface area contributed by atoms with Gasteiger partial charge in [-0.1, -0.05) is 51.1 Å². The molecule has 0 bridgehead atoms. The highest BCUT2D eigenvalue weighted by Gasteiger charge is 2.27. The van der Waals surface area contributed by atoms with Crippen LogP contribution in [0.3, 0.4) is 0 Å². The van der Waals surface area contributed by atoms with E-state index in [9.17, 15) is 14.4 Å². The molecule has 1 rings (SSSR count). The Morgan fingerprint density at radius 1 is 1.12 bits per heavy atom. The summed E-state index contributed by atoms with van der Waals surface area (Å²) in [6, 6.07) is 7.64. The molecule has 0 heterocycles. The van der Waals surface area contributed by atoms with Crippen molar-refractivity contribution in [3.05, 3.63) is 35.9 Å². The van der Waals surface area contributed by atoms with Crippen LogP contribution in [-0.4, -0.2) is 30.0 Å². The lowest BCUT2D eigenvalue weighted by Crippen LogP contribution is -2.54. The molecule has 4 N–H and O–H groups in total. The fourth-order valence-electron chi connectivity index (χ4n) is 2.06. The lowest BCUT2D eigenvalue weighted by atomic mass is 10.0. The van der Waals surface area contributed by atoms with Crippen molar-refractivity contribution in [3.8, 4) is 0 Å². The summed E-state index contributed by atoms with van der Waals surface area (Å²) in [7, 11) is 0. The fraction of sp³-hybridized carbons (Fsp3) is 0.471. The Morgan fingerprint density at radius 2 is 1.75 bits per heavy atom. The van der Waals surface area contributed by atoms with Gasteiger partial charge in [-0.25, -0.2) is 4.79 Å². The summed E-state index contributed by atoms with van der Waals surface area (Å²) in [5.41, 5.74) is 6.06. The molecule has 0 aromatic heterocycles. The normalized spacial score (nSPS) is 13.0. The second-order valence-corrected chi connectivity index (χ2v) is 5.80. The Hall–Kier alpha value is -2.57. The minimum Gasteiger partial charge on any atom is -0.445 e. The smallest absolute Gasteiger partial charge is 0.408 e. The molecule has 0 fully saturated rings. The van der Waals surface area contributed by atoms with Crippen LogP contribution < -0.4 is 16.4 Å². The topological polar surface area (TPSA) is 111 Å². The van der Waals surface area contributed by atoms with E-state index in [1.165, 1.54) is 0 Å². The average molecular weight is 335 g/mol. The predicted molar refractivity (Wildman–Crippen MR) is 89.8 cm³/mol. The molecular formula is C17H25N3O4. The first-order valence-electron chi connectivity index (χ1n) is 7.92. The van der Waals surface area contributed by atoms with E-state index < -0.39 is 30.0 Å². The van der Waals surface area contributed by atoms with Gasteiger partial charge < -0.3 is 21.1 Å². The number of nitrogens with one attached hydrogen (secondary N) is 2. The maximum atomic E-state index is 12.3. The molecule has 24 heavy (non-hydrogen) atoms. The summed E-state index contributed by atoms with van der Waals surface area (Å²) < 4.78 is 5.12. The highest BCUT2D eigenvalue weighted by molar-refractivity contribution is 5.90. The van der Waals surface area contributed by atoms with Crippen LogP contribution in [0.2, 0.25) is 0 Å². The number of rotatable bonds is 8. The molecule has 0 unspecified atom stereocenters. The standard InChI is InChI=1S/C17H25N3O4/c1-4-13(15(18)21)19-16(22)14(11(2)3)20-17(23)24-10-12-8-6-5-7-9-12/h5-9,11,13-14H,4,10H2,1-3H3,(H2,18,21)(H,19,22)(H,20,23)/t13-,14+/m1/s1. The van der Waals surface area contributed by atoms with Crippen molar-refractivity contribution in [1.82, 2.24) is 10.6 Å². The number of amides is 3. The summed E-state index contributed by atoms with van der Waals surface area (Å²) >= 11 is 0. The quantitative estimate of drug-likeness (QED) is 0.665. The average Bonchev–Trinajstić information content (AvgIpc) is 2.55. The molecule has 7 heteroatoms. The van der Waals surface area contributed by atoms with E-state index >= 15 is 0 Å². The van der Waals surface area contributed by atoms with Crippen molar-refractivity contribution in [2.24, 2.45) is 11.7 Å². The monoisotopic (exact) mass is 335 g/mol. The number of ether oxygens (including phenoxy) is 1. The zero-order valence-corrected chi connectivity index (χ0v) is 14.2. The molecule has 1 aromatic carbocycles. The van der Waals surface area contributed by atoms with Crippen molar-refractivity contribution >= 4 is 17.9 Å². The van der Waals surface area contributed by atoms with E-state index in [0.717, 1.165) is 5.56 Å². The Kier molecular flexibility index (Phi) is 7.74. The summed E-state index contributed by atoms with van der Waals surface area (Å²) in [6.45, 7) is 5.42. The van der Waals surface area contributed by atoms with Crippen LogP contribution in [0.5, 0.6) is 0 Å². The van der Waals surface area contributed by atoms with E-state index in [2.05, 4.69) is 10.6 Å². The lowest BCUT2D eigenvalue weighted by molar-refractivity contribution is -0.129. The number of hydrogen-bond acceptors (Lipinski definition) is 4. The Morgan fingerprint density at radius 3 is 2.25 bits per heavy atom. The van der Waals surface area contributed by atoms with Gasteiger partial charge in [0.25, 0.3) is 0 Å². The predicted octanol–water partition coefficient (Wildman–Crippen LogP) is 1.32. The van der Waals surface area contributed by atoms with E-state index in [1.54, 1.807) is 20.8 Å². The van der Waals surface area contributed by atoms with E-state index in [4.69, 9.17) is 10.5 Å². The Labute approximate surface area is 141 Å². The van der Waals surface area contributed by atoms with Gasteiger partial charge in [-0.2, -0.15) is 0 Å². The van der Waals surface area contributed by atoms with Gasteiger partial charge in [0.15, 0.2) is 0 Å². The van der Waals surface area contributed by atoms with Crippen molar-refractivity contribution < 1.29 is 19.1 Å². The molecular weight excluding hydrogens is 310 g/mol. The van der Waals surface area contributed by atoms with Crippen LogP contribution in [0.25, 0.3) is 0 Å². The number of nitrogens with two attached hydrogens (primary N) is 1. The zero-order valence-electron chi connectivity index (χ0n) is 14.2. The van der Waals surface area contributed by atoms with Gasteiger partial charge in [-0.15, -0.1) is 0 Å². The van der Waals surface area contributed by atoms with Crippen molar-refractivity contribution in [2.45, 2.75) is 45.9 Å². The summed E-state index contributed by atoms with van der Waals surface area (Å²) in [5, 5.41) is 5.07. The maximum absolute atomic E-state index is 12.3. The maximum Gasteiger partial charge on any atom is 0.408 e. The third-order valence-corrected chi connectivity index (χ3v) is 3.50. The minimum atomic E-state index is -0.818. The molecule has 0 aliphatic heterocycles. The van der Waals surface area contributed by atoms with Crippen molar-refractivity contribution in [2.75, 3.05) is 0 Å². The molecule has 3 amide bonds. The number of carbonyl (C=O) groups is 3. The third-order valence-electron chi connectivity index (χ3n) is 3.50. The van der Waals surface area contributed by atoms with Gasteiger partial charge in [0.1, 0.15) is 18.7 Å². The number of primary amides is 1. The van der Waals surface area contributed by atoms with Gasteiger partial charge in [0.2, 0.25) is 11.8 Å². The summed E-state index contributed by atoms with van der Waals surface area (Å²) in [6.07, 6.45) is -0.315. The van der Waals surface area contributed by atoms with E-state index in [-0.39, 0.29) is 12.5 Å². The van der Waals surface area contributed by atoms with Crippen molar-refractivity contribution in [1.29, 1.82) is 0 Å². The SMILES string of the molecule is CC[C@@H](NC(=O)[C@@H](NC(=O)OCc1ccccc1)C(C)C)C(N)=O. The Balaban J connectivity index is 2.59.